The van der Waals surface area contributed by atoms with Crippen molar-refractivity contribution in [3.63, 3.8) is 0 Å². The van der Waals surface area contributed by atoms with Crippen molar-refractivity contribution < 1.29 is 29.0 Å². The van der Waals surface area contributed by atoms with Crippen LogP contribution in [-0.4, -0.2) is 51.2 Å². The normalized spacial score (nSPS) is 14.6. The second-order valence-corrected chi connectivity index (χ2v) is 7.43. The molecule has 0 radical (unpaired) electrons. The standard InChI is InChI=1S/C21H18N2O6S/c1-13(24)29-17-8-3-2-7-16(17)20(28)23-9-10-30-21(23)22-19(27)15-6-4-5-14(11-15)12-18(25)26/h2-8,11H,9-10,12H2,1H3,(H,25,26). The Hall–Kier alpha value is -3.46. The van der Waals surface area contributed by atoms with Crippen molar-refractivity contribution >= 4 is 40.7 Å². The highest BCUT2D eigenvalue weighted by Crippen LogP contribution is 2.26. The molecule has 1 fully saturated rings. The molecule has 2 amide bonds. The topological polar surface area (TPSA) is 113 Å². The third-order valence-corrected chi connectivity index (χ3v) is 5.08. The molecule has 0 saturated carbocycles. The number of para-hydroxylation sites is 1. The molecule has 30 heavy (non-hydrogen) atoms. The number of hydrogen-bond acceptors (Lipinski definition) is 6. The second kappa shape index (κ2) is 9.36. The molecular formula is C21H18N2O6S. The minimum absolute atomic E-state index is 0.138. The summed E-state index contributed by atoms with van der Waals surface area (Å²) in [4.78, 5) is 53.3. The van der Waals surface area contributed by atoms with E-state index in [1.807, 2.05) is 0 Å². The quantitative estimate of drug-likeness (QED) is 0.577. The van der Waals surface area contributed by atoms with Crippen LogP contribution in [0.1, 0.15) is 33.2 Å². The van der Waals surface area contributed by atoms with Gasteiger partial charge in [0.1, 0.15) is 5.75 Å². The Bertz CT molecular complexity index is 1050. The zero-order chi connectivity index (χ0) is 21.7. The maximum atomic E-state index is 13.0. The Balaban J connectivity index is 1.84. The maximum absolute atomic E-state index is 13.0. The fourth-order valence-electron chi connectivity index (χ4n) is 2.86. The number of benzene rings is 2. The molecule has 1 aliphatic heterocycles. The lowest BCUT2D eigenvalue weighted by Gasteiger charge is -2.17. The zero-order valence-corrected chi connectivity index (χ0v) is 16.8. The summed E-state index contributed by atoms with van der Waals surface area (Å²) in [5.41, 5.74) is 0.913. The number of esters is 1. The summed E-state index contributed by atoms with van der Waals surface area (Å²) in [5, 5.41) is 9.16. The first-order chi connectivity index (χ1) is 14.3. The number of nitrogens with zero attached hydrogens (tertiary/aromatic N) is 2. The number of amidine groups is 1. The van der Waals surface area contributed by atoms with Gasteiger partial charge < -0.3 is 9.84 Å². The van der Waals surface area contributed by atoms with Gasteiger partial charge >= 0.3 is 11.9 Å². The van der Waals surface area contributed by atoms with E-state index in [0.29, 0.717) is 17.9 Å². The first kappa shape index (κ1) is 21.3. The lowest BCUT2D eigenvalue weighted by Crippen LogP contribution is -2.32. The fourth-order valence-corrected chi connectivity index (χ4v) is 3.79. The van der Waals surface area contributed by atoms with Crippen LogP contribution in [0.4, 0.5) is 0 Å². The van der Waals surface area contributed by atoms with Crippen molar-refractivity contribution in [2.75, 3.05) is 12.3 Å². The molecule has 3 rings (SSSR count). The predicted molar refractivity (Wildman–Crippen MR) is 111 cm³/mol. The molecule has 154 valence electrons. The third-order valence-electron chi connectivity index (χ3n) is 4.12. The molecule has 2 aromatic rings. The number of aliphatic carboxylic acids is 1. The van der Waals surface area contributed by atoms with Crippen LogP contribution in [0.25, 0.3) is 0 Å². The summed E-state index contributed by atoms with van der Waals surface area (Å²) in [6.07, 6.45) is -0.204. The molecule has 1 heterocycles. The van der Waals surface area contributed by atoms with Gasteiger partial charge in [-0.05, 0) is 29.8 Å². The highest BCUT2D eigenvalue weighted by Gasteiger charge is 2.29. The molecule has 2 aromatic carbocycles. The minimum Gasteiger partial charge on any atom is -0.481 e. The van der Waals surface area contributed by atoms with Crippen molar-refractivity contribution in [1.82, 2.24) is 4.90 Å². The van der Waals surface area contributed by atoms with Crippen LogP contribution in [0.5, 0.6) is 5.75 Å². The zero-order valence-electron chi connectivity index (χ0n) is 16.0. The summed E-state index contributed by atoms with van der Waals surface area (Å²) < 4.78 is 5.11. The lowest BCUT2D eigenvalue weighted by molar-refractivity contribution is -0.136. The monoisotopic (exact) mass is 426 g/mol. The van der Waals surface area contributed by atoms with Crippen LogP contribution in [-0.2, 0) is 16.0 Å². The molecule has 0 bridgehead atoms. The highest BCUT2D eigenvalue weighted by atomic mass is 32.2. The Morgan fingerprint density at radius 2 is 1.90 bits per heavy atom. The van der Waals surface area contributed by atoms with Gasteiger partial charge in [-0.3, -0.25) is 24.1 Å². The van der Waals surface area contributed by atoms with E-state index in [2.05, 4.69) is 4.99 Å². The van der Waals surface area contributed by atoms with Crippen molar-refractivity contribution in [3.8, 4) is 5.75 Å². The Morgan fingerprint density at radius 3 is 2.63 bits per heavy atom. The van der Waals surface area contributed by atoms with Gasteiger partial charge in [-0.25, -0.2) is 0 Å². The number of carboxylic acid groups (broad SMARTS) is 1. The average Bonchev–Trinajstić information content (AvgIpc) is 3.15. The molecule has 0 spiro atoms. The number of amides is 2. The van der Waals surface area contributed by atoms with Gasteiger partial charge in [0.05, 0.1) is 12.0 Å². The van der Waals surface area contributed by atoms with Crippen molar-refractivity contribution in [2.24, 2.45) is 4.99 Å². The van der Waals surface area contributed by atoms with Gasteiger partial charge in [-0.15, -0.1) is 0 Å². The largest absolute Gasteiger partial charge is 0.481 e. The number of hydrogen-bond donors (Lipinski definition) is 1. The lowest BCUT2D eigenvalue weighted by atomic mass is 10.1. The molecule has 0 atom stereocenters. The Morgan fingerprint density at radius 1 is 1.13 bits per heavy atom. The summed E-state index contributed by atoms with van der Waals surface area (Å²) >= 11 is 1.26. The van der Waals surface area contributed by atoms with Gasteiger partial charge in [-0.1, -0.05) is 36.0 Å². The van der Waals surface area contributed by atoms with Crippen LogP contribution in [0.15, 0.2) is 53.5 Å². The summed E-state index contributed by atoms with van der Waals surface area (Å²) in [6.45, 7) is 1.60. The maximum Gasteiger partial charge on any atom is 0.308 e. The number of rotatable bonds is 5. The second-order valence-electron chi connectivity index (χ2n) is 6.37. The Kier molecular flexibility index (Phi) is 6.63. The van der Waals surface area contributed by atoms with Gasteiger partial charge in [0.15, 0.2) is 5.17 Å². The Labute approximate surface area is 176 Å². The summed E-state index contributed by atoms with van der Waals surface area (Å²) in [7, 11) is 0. The SMILES string of the molecule is CC(=O)Oc1ccccc1C(=O)N1CCSC1=NC(=O)c1cccc(CC(=O)O)c1. The van der Waals surface area contributed by atoms with Gasteiger partial charge in [0.2, 0.25) is 0 Å². The van der Waals surface area contributed by atoms with Crippen LogP contribution in [0.3, 0.4) is 0 Å². The van der Waals surface area contributed by atoms with Crippen molar-refractivity contribution in [3.05, 3.63) is 65.2 Å². The smallest absolute Gasteiger partial charge is 0.308 e. The molecule has 9 heteroatoms. The van der Waals surface area contributed by atoms with Crippen LogP contribution >= 0.6 is 11.8 Å². The van der Waals surface area contributed by atoms with Crippen molar-refractivity contribution in [2.45, 2.75) is 13.3 Å². The minimum atomic E-state index is -1.000. The van der Waals surface area contributed by atoms with E-state index in [4.69, 9.17) is 9.84 Å². The number of carbonyl (C=O) groups excluding carboxylic acids is 3. The van der Waals surface area contributed by atoms with E-state index in [1.54, 1.807) is 36.4 Å². The first-order valence-electron chi connectivity index (χ1n) is 9.01. The molecule has 1 saturated heterocycles. The fraction of sp³-hybridized carbons (Fsp3) is 0.190. The number of thioether (sulfide) groups is 1. The van der Waals surface area contributed by atoms with Gasteiger partial charge in [0.25, 0.3) is 11.8 Å². The molecular weight excluding hydrogens is 408 g/mol. The van der Waals surface area contributed by atoms with Gasteiger partial charge in [-0.2, -0.15) is 4.99 Å². The number of carbonyl (C=O) groups is 4. The molecule has 0 unspecified atom stereocenters. The van der Waals surface area contributed by atoms with E-state index in [0.717, 1.165) is 0 Å². The van der Waals surface area contributed by atoms with Gasteiger partial charge in [0, 0.05) is 24.8 Å². The van der Waals surface area contributed by atoms with Crippen LogP contribution < -0.4 is 4.74 Å². The third kappa shape index (κ3) is 5.12. The van der Waals surface area contributed by atoms with Crippen LogP contribution in [0.2, 0.25) is 0 Å². The first-order valence-corrected chi connectivity index (χ1v) is 9.99. The number of carboxylic acids is 1. The van der Waals surface area contributed by atoms with Crippen molar-refractivity contribution in [1.29, 1.82) is 0 Å². The summed E-state index contributed by atoms with van der Waals surface area (Å²) in [5.74, 6) is -1.84. The van der Waals surface area contributed by atoms with E-state index in [-0.39, 0.29) is 28.5 Å². The predicted octanol–water partition coefficient (Wildman–Crippen LogP) is 2.62. The molecule has 0 aromatic heterocycles. The van der Waals surface area contributed by atoms with E-state index in [1.165, 1.54) is 35.7 Å². The molecule has 0 aliphatic carbocycles. The number of aliphatic imine (C=N–C) groups is 1. The van der Waals surface area contributed by atoms with E-state index in [9.17, 15) is 19.2 Å². The van der Waals surface area contributed by atoms with E-state index < -0.39 is 23.8 Å². The van der Waals surface area contributed by atoms with Crippen LogP contribution in [0, 0.1) is 0 Å². The molecule has 1 N–H and O–H groups in total. The van der Waals surface area contributed by atoms with E-state index >= 15 is 0 Å². The number of ether oxygens (including phenoxy) is 1. The summed E-state index contributed by atoms with van der Waals surface area (Å²) in [6, 6.07) is 12.6. The molecule has 8 nitrogen and oxygen atoms in total. The average molecular weight is 426 g/mol. The highest BCUT2D eigenvalue weighted by molar-refractivity contribution is 8.14. The molecule has 1 aliphatic rings.